The zero-order chi connectivity index (χ0) is 21.3. The van der Waals surface area contributed by atoms with E-state index in [0.29, 0.717) is 16.2 Å². The van der Waals surface area contributed by atoms with E-state index in [2.05, 4.69) is 5.32 Å². The SMILES string of the molecule is Cc1cccc(NC2=C(c3ccc(Cl)cc3)C(=O)N(Cc3ccccc3)C2=O)c1C. The maximum absolute atomic E-state index is 13.3. The number of nitrogens with zero attached hydrogens (tertiary/aromatic N) is 1. The van der Waals surface area contributed by atoms with Crippen LogP contribution in [-0.2, 0) is 16.1 Å². The van der Waals surface area contributed by atoms with Crippen molar-refractivity contribution in [2.45, 2.75) is 20.4 Å². The summed E-state index contributed by atoms with van der Waals surface area (Å²) in [7, 11) is 0. The number of carbonyl (C=O) groups is 2. The lowest BCUT2D eigenvalue weighted by Crippen LogP contribution is -2.32. The fourth-order valence-corrected chi connectivity index (χ4v) is 3.63. The highest BCUT2D eigenvalue weighted by molar-refractivity contribution is 6.36. The Hall–Kier alpha value is -3.37. The molecular weight excluding hydrogens is 396 g/mol. The van der Waals surface area contributed by atoms with Crippen LogP contribution in [0.3, 0.4) is 0 Å². The number of anilines is 1. The maximum Gasteiger partial charge on any atom is 0.278 e. The number of amides is 2. The van der Waals surface area contributed by atoms with Crippen molar-refractivity contribution in [1.29, 1.82) is 0 Å². The number of hydrogen-bond acceptors (Lipinski definition) is 3. The van der Waals surface area contributed by atoms with Crippen LogP contribution >= 0.6 is 11.6 Å². The van der Waals surface area contributed by atoms with E-state index in [9.17, 15) is 9.59 Å². The van der Waals surface area contributed by atoms with Gasteiger partial charge in [-0.1, -0.05) is 66.2 Å². The summed E-state index contributed by atoms with van der Waals surface area (Å²) in [5.74, 6) is -0.659. The van der Waals surface area contributed by atoms with Crippen molar-refractivity contribution in [2.75, 3.05) is 5.32 Å². The second-order valence-corrected chi connectivity index (χ2v) is 7.75. The summed E-state index contributed by atoms with van der Waals surface area (Å²) in [5, 5.41) is 3.81. The lowest BCUT2D eigenvalue weighted by molar-refractivity contribution is -0.137. The Kier molecular flexibility index (Phi) is 5.42. The quantitative estimate of drug-likeness (QED) is 0.570. The molecule has 1 heterocycles. The Bertz CT molecular complexity index is 1150. The summed E-state index contributed by atoms with van der Waals surface area (Å²) in [6, 6.07) is 22.3. The van der Waals surface area contributed by atoms with Crippen molar-refractivity contribution in [3.05, 3.63) is 106 Å². The number of aryl methyl sites for hydroxylation is 1. The first-order chi connectivity index (χ1) is 14.5. The van der Waals surface area contributed by atoms with Crippen LogP contribution in [0.1, 0.15) is 22.3 Å². The van der Waals surface area contributed by atoms with Gasteiger partial charge in [-0.2, -0.15) is 0 Å². The third kappa shape index (κ3) is 3.74. The predicted octanol–water partition coefficient (Wildman–Crippen LogP) is 5.35. The summed E-state index contributed by atoms with van der Waals surface area (Å²) in [5.41, 5.74) is 5.12. The van der Waals surface area contributed by atoms with Gasteiger partial charge in [-0.25, -0.2) is 0 Å². The average molecular weight is 417 g/mol. The van der Waals surface area contributed by atoms with Crippen LogP contribution < -0.4 is 5.32 Å². The number of benzene rings is 3. The zero-order valence-electron chi connectivity index (χ0n) is 16.8. The van der Waals surface area contributed by atoms with Gasteiger partial charge in [-0.15, -0.1) is 0 Å². The Labute approximate surface area is 180 Å². The molecule has 0 fully saturated rings. The molecule has 1 N–H and O–H groups in total. The second kappa shape index (κ2) is 8.17. The molecule has 4 nitrogen and oxygen atoms in total. The monoisotopic (exact) mass is 416 g/mol. The molecule has 3 aromatic rings. The highest BCUT2D eigenvalue weighted by Crippen LogP contribution is 2.33. The van der Waals surface area contributed by atoms with Crippen molar-refractivity contribution < 1.29 is 9.59 Å². The minimum atomic E-state index is -0.338. The van der Waals surface area contributed by atoms with Gasteiger partial charge in [0.15, 0.2) is 0 Å². The van der Waals surface area contributed by atoms with Gasteiger partial charge >= 0.3 is 0 Å². The van der Waals surface area contributed by atoms with Crippen LogP contribution in [0.15, 0.2) is 78.5 Å². The maximum atomic E-state index is 13.3. The molecular formula is C25H21ClN2O2. The highest BCUT2D eigenvalue weighted by atomic mass is 35.5. The van der Waals surface area contributed by atoms with E-state index >= 15 is 0 Å². The smallest absolute Gasteiger partial charge is 0.278 e. The molecule has 0 aliphatic carbocycles. The van der Waals surface area contributed by atoms with Gasteiger partial charge < -0.3 is 5.32 Å². The molecule has 0 saturated carbocycles. The minimum absolute atomic E-state index is 0.216. The van der Waals surface area contributed by atoms with E-state index in [-0.39, 0.29) is 24.1 Å². The van der Waals surface area contributed by atoms with Gasteiger partial charge in [0.1, 0.15) is 5.70 Å². The largest absolute Gasteiger partial charge is 0.350 e. The van der Waals surface area contributed by atoms with E-state index < -0.39 is 0 Å². The molecule has 2 amide bonds. The molecule has 30 heavy (non-hydrogen) atoms. The normalized spacial score (nSPS) is 13.9. The Balaban J connectivity index is 1.77. The summed E-state index contributed by atoms with van der Waals surface area (Å²) >= 11 is 6.03. The molecule has 0 bridgehead atoms. The highest BCUT2D eigenvalue weighted by Gasteiger charge is 2.39. The van der Waals surface area contributed by atoms with Gasteiger partial charge in [-0.05, 0) is 54.3 Å². The molecule has 0 unspecified atom stereocenters. The standard InChI is InChI=1S/C25H21ClN2O2/c1-16-7-6-10-21(17(16)2)27-23-22(19-11-13-20(26)14-12-19)24(29)28(25(23)30)15-18-8-4-3-5-9-18/h3-14,27H,15H2,1-2H3. The van der Waals surface area contributed by atoms with E-state index in [1.807, 2.05) is 62.4 Å². The van der Waals surface area contributed by atoms with Crippen molar-refractivity contribution in [2.24, 2.45) is 0 Å². The number of nitrogens with one attached hydrogen (secondary N) is 1. The second-order valence-electron chi connectivity index (χ2n) is 7.31. The van der Waals surface area contributed by atoms with Gasteiger partial charge in [0, 0.05) is 10.7 Å². The van der Waals surface area contributed by atoms with Crippen molar-refractivity contribution in [1.82, 2.24) is 4.90 Å². The van der Waals surface area contributed by atoms with Crippen molar-refractivity contribution in [3.63, 3.8) is 0 Å². The molecule has 0 saturated heterocycles. The van der Waals surface area contributed by atoms with Crippen molar-refractivity contribution in [3.8, 4) is 0 Å². The Morgan fingerprint density at radius 3 is 2.23 bits per heavy atom. The van der Waals surface area contributed by atoms with Gasteiger partial charge in [0.2, 0.25) is 0 Å². The molecule has 4 rings (SSSR count). The predicted molar refractivity (Wildman–Crippen MR) is 120 cm³/mol. The molecule has 1 aliphatic rings. The van der Waals surface area contributed by atoms with Crippen LogP contribution in [0.4, 0.5) is 5.69 Å². The number of carbonyl (C=O) groups excluding carboxylic acids is 2. The lowest BCUT2D eigenvalue weighted by atomic mass is 10.0. The van der Waals surface area contributed by atoms with E-state index in [1.54, 1.807) is 24.3 Å². The molecule has 0 atom stereocenters. The molecule has 0 radical (unpaired) electrons. The van der Waals surface area contributed by atoms with Gasteiger partial charge in [-0.3, -0.25) is 14.5 Å². The fraction of sp³-hybridized carbons (Fsp3) is 0.120. The Morgan fingerprint density at radius 1 is 0.833 bits per heavy atom. The van der Waals surface area contributed by atoms with E-state index in [1.165, 1.54) is 4.90 Å². The third-order valence-electron chi connectivity index (χ3n) is 5.35. The van der Waals surface area contributed by atoms with E-state index in [0.717, 1.165) is 22.4 Å². The molecule has 0 spiro atoms. The number of hydrogen-bond donors (Lipinski definition) is 1. The van der Waals surface area contributed by atoms with E-state index in [4.69, 9.17) is 11.6 Å². The van der Waals surface area contributed by atoms with Crippen LogP contribution in [-0.4, -0.2) is 16.7 Å². The summed E-state index contributed by atoms with van der Waals surface area (Å²) in [6.07, 6.45) is 0. The first-order valence-corrected chi connectivity index (χ1v) is 10.1. The topological polar surface area (TPSA) is 49.4 Å². The molecule has 150 valence electrons. The number of imide groups is 1. The first-order valence-electron chi connectivity index (χ1n) is 9.69. The first kappa shape index (κ1) is 19.9. The third-order valence-corrected chi connectivity index (χ3v) is 5.60. The summed E-state index contributed by atoms with van der Waals surface area (Å²) in [4.78, 5) is 27.9. The zero-order valence-corrected chi connectivity index (χ0v) is 17.5. The fourth-order valence-electron chi connectivity index (χ4n) is 3.51. The number of halogens is 1. The molecule has 3 aromatic carbocycles. The van der Waals surface area contributed by atoms with Gasteiger partial charge in [0.05, 0.1) is 12.1 Å². The lowest BCUT2D eigenvalue weighted by Gasteiger charge is -2.16. The van der Waals surface area contributed by atoms with Crippen LogP contribution in [0.5, 0.6) is 0 Å². The average Bonchev–Trinajstić information content (AvgIpc) is 2.97. The molecule has 0 aromatic heterocycles. The van der Waals surface area contributed by atoms with Crippen LogP contribution in [0, 0.1) is 13.8 Å². The molecule has 5 heteroatoms. The number of rotatable bonds is 5. The van der Waals surface area contributed by atoms with Crippen LogP contribution in [0.25, 0.3) is 5.57 Å². The van der Waals surface area contributed by atoms with Crippen molar-refractivity contribution >= 4 is 34.7 Å². The molecule has 1 aliphatic heterocycles. The summed E-state index contributed by atoms with van der Waals surface area (Å²) in [6.45, 7) is 4.22. The Morgan fingerprint density at radius 2 is 1.53 bits per heavy atom. The van der Waals surface area contributed by atoms with Gasteiger partial charge in [0.25, 0.3) is 11.8 Å². The van der Waals surface area contributed by atoms with Crippen LogP contribution in [0.2, 0.25) is 5.02 Å². The minimum Gasteiger partial charge on any atom is -0.350 e. The summed E-state index contributed by atoms with van der Waals surface area (Å²) < 4.78 is 0.